The standard InChI is InChI=1S/C23H24N2O4S/c1-17-8-12-21(13-9-17)30(27,28)25-22-16-19(11-10-18(22)2)23(26)24-14-15-29-20-6-4-3-5-7-20/h3-13,16,25H,14-15H2,1-2H3,(H,24,26). The van der Waals surface area contributed by atoms with Gasteiger partial charge in [0, 0.05) is 5.56 Å². The van der Waals surface area contributed by atoms with E-state index in [1.165, 1.54) is 6.07 Å². The second-order valence-corrected chi connectivity index (χ2v) is 8.55. The van der Waals surface area contributed by atoms with Crippen LogP contribution in [0.4, 0.5) is 5.69 Å². The summed E-state index contributed by atoms with van der Waals surface area (Å²) in [6, 6.07) is 20.8. The van der Waals surface area contributed by atoms with Gasteiger partial charge in [-0.3, -0.25) is 9.52 Å². The topological polar surface area (TPSA) is 84.5 Å². The van der Waals surface area contributed by atoms with Gasteiger partial charge in [0.1, 0.15) is 12.4 Å². The van der Waals surface area contributed by atoms with E-state index in [0.717, 1.165) is 16.9 Å². The highest BCUT2D eigenvalue weighted by atomic mass is 32.2. The number of sulfonamides is 1. The molecule has 0 unspecified atom stereocenters. The number of carbonyl (C=O) groups excluding carboxylic acids is 1. The van der Waals surface area contributed by atoms with Crippen molar-refractivity contribution in [2.45, 2.75) is 18.7 Å². The Morgan fingerprint density at radius 2 is 1.63 bits per heavy atom. The van der Waals surface area contributed by atoms with Crippen molar-refractivity contribution in [3.05, 3.63) is 89.5 Å². The Labute approximate surface area is 177 Å². The van der Waals surface area contributed by atoms with Crippen LogP contribution in [0.1, 0.15) is 21.5 Å². The maximum absolute atomic E-state index is 12.7. The van der Waals surface area contributed by atoms with Gasteiger partial charge in [-0.15, -0.1) is 0 Å². The fourth-order valence-corrected chi connectivity index (χ4v) is 3.87. The fraction of sp³-hybridized carbons (Fsp3) is 0.174. The Bertz CT molecular complexity index is 1110. The maximum atomic E-state index is 12.7. The van der Waals surface area contributed by atoms with Crippen LogP contribution in [0.25, 0.3) is 0 Å². The van der Waals surface area contributed by atoms with Crippen LogP contribution in [0.3, 0.4) is 0 Å². The zero-order valence-electron chi connectivity index (χ0n) is 16.9. The molecule has 1 amide bonds. The number of ether oxygens (including phenoxy) is 1. The van der Waals surface area contributed by atoms with Crippen molar-refractivity contribution in [2.75, 3.05) is 17.9 Å². The first-order valence-corrected chi connectivity index (χ1v) is 11.0. The summed E-state index contributed by atoms with van der Waals surface area (Å²) in [6.45, 7) is 4.32. The summed E-state index contributed by atoms with van der Waals surface area (Å²) in [6.07, 6.45) is 0. The van der Waals surface area contributed by atoms with E-state index in [9.17, 15) is 13.2 Å². The summed E-state index contributed by atoms with van der Waals surface area (Å²) in [5.74, 6) is 0.428. The van der Waals surface area contributed by atoms with E-state index in [0.29, 0.717) is 24.4 Å². The SMILES string of the molecule is Cc1ccc(S(=O)(=O)Nc2cc(C(=O)NCCOc3ccccc3)ccc2C)cc1. The van der Waals surface area contributed by atoms with Crippen molar-refractivity contribution in [3.63, 3.8) is 0 Å². The largest absolute Gasteiger partial charge is 0.492 e. The maximum Gasteiger partial charge on any atom is 0.261 e. The summed E-state index contributed by atoms with van der Waals surface area (Å²) < 4.78 is 33.5. The zero-order valence-corrected chi connectivity index (χ0v) is 17.7. The molecule has 0 saturated carbocycles. The highest BCUT2D eigenvalue weighted by Gasteiger charge is 2.16. The third kappa shape index (κ3) is 5.61. The number of hydrogen-bond donors (Lipinski definition) is 2. The molecule has 2 N–H and O–H groups in total. The summed E-state index contributed by atoms with van der Waals surface area (Å²) in [5.41, 5.74) is 2.42. The van der Waals surface area contributed by atoms with Crippen LogP contribution < -0.4 is 14.8 Å². The lowest BCUT2D eigenvalue weighted by Gasteiger charge is -2.13. The Morgan fingerprint density at radius 1 is 0.933 bits per heavy atom. The van der Waals surface area contributed by atoms with Crippen LogP contribution in [0.2, 0.25) is 0 Å². The Hall–Kier alpha value is -3.32. The first-order valence-electron chi connectivity index (χ1n) is 9.51. The normalized spacial score (nSPS) is 11.0. The molecule has 0 aromatic heterocycles. The van der Waals surface area contributed by atoms with Crippen molar-refractivity contribution >= 4 is 21.6 Å². The van der Waals surface area contributed by atoms with Crippen molar-refractivity contribution in [1.29, 1.82) is 0 Å². The molecule has 3 aromatic carbocycles. The minimum absolute atomic E-state index is 0.167. The number of benzene rings is 3. The lowest BCUT2D eigenvalue weighted by Crippen LogP contribution is -2.28. The Kier molecular flexibility index (Phi) is 6.74. The second kappa shape index (κ2) is 9.45. The molecule has 156 valence electrons. The van der Waals surface area contributed by atoms with Gasteiger partial charge >= 0.3 is 0 Å². The van der Waals surface area contributed by atoms with E-state index in [1.54, 1.807) is 43.3 Å². The first kappa shape index (κ1) is 21.4. The average Bonchev–Trinajstić information content (AvgIpc) is 2.73. The molecule has 3 rings (SSSR count). The van der Waals surface area contributed by atoms with Crippen molar-refractivity contribution in [3.8, 4) is 5.75 Å². The molecule has 30 heavy (non-hydrogen) atoms. The van der Waals surface area contributed by atoms with E-state index < -0.39 is 10.0 Å². The second-order valence-electron chi connectivity index (χ2n) is 6.87. The van der Waals surface area contributed by atoms with Gasteiger partial charge in [0.25, 0.3) is 15.9 Å². The molecule has 0 fully saturated rings. The number of aryl methyl sites for hydroxylation is 2. The van der Waals surface area contributed by atoms with Gasteiger partial charge in [-0.25, -0.2) is 8.42 Å². The van der Waals surface area contributed by atoms with Crippen molar-refractivity contribution < 1.29 is 17.9 Å². The number of amides is 1. The predicted molar refractivity (Wildman–Crippen MR) is 117 cm³/mol. The molecule has 7 heteroatoms. The van der Waals surface area contributed by atoms with Crippen LogP contribution >= 0.6 is 0 Å². The van der Waals surface area contributed by atoms with Crippen LogP contribution in [0.15, 0.2) is 77.7 Å². The van der Waals surface area contributed by atoms with Gasteiger partial charge < -0.3 is 10.1 Å². The molecule has 0 aliphatic carbocycles. The van der Waals surface area contributed by atoms with E-state index in [4.69, 9.17) is 4.74 Å². The molecule has 6 nitrogen and oxygen atoms in total. The highest BCUT2D eigenvalue weighted by Crippen LogP contribution is 2.21. The van der Waals surface area contributed by atoms with Gasteiger partial charge in [0.05, 0.1) is 17.1 Å². The average molecular weight is 425 g/mol. The molecule has 0 heterocycles. The summed E-state index contributed by atoms with van der Waals surface area (Å²) >= 11 is 0. The quantitative estimate of drug-likeness (QED) is 0.537. The molecule has 0 atom stereocenters. The number of para-hydroxylation sites is 1. The van der Waals surface area contributed by atoms with Gasteiger partial charge in [0.2, 0.25) is 0 Å². The molecular formula is C23H24N2O4S. The molecule has 0 radical (unpaired) electrons. The van der Waals surface area contributed by atoms with E-state index in [1.807, 2.05) is 37.3 Å². The first-order chi connectivity index (χ1) is 14.3. The van der Waals surface area contributed by atoms with Crippen molar-refractivity contribution in [1.82, 2.24) is 5.32 Å². The highest BCUT2D eigenvalue weighted by molar-refractivity contribution is 7.92. The number of nitrogens with one attached hydrogen (secondary N) is 2. The molecule has 0 aliphatic heterocycles. The van der Waals surface area contributed by atoms with Gasteiger partial charge in [-0.1, -0.05) is 42.0 Å². The predicted octanol–water partition coefficient (Wildman–Crippen LogP) is 3.91. The summed E-state index contributed by atoms with van der Waals surface area (Å²) in [4.78, 5) is 12.6. The van der Waals surface area contributed by atoms with Crippen LogP contribution in [0, 0.1) is 13.8 Å². The molecule has 0 bridgehead atoms. The number of rotatable bonds is 8. The summed E-state index contributed by atoms with van der Waals surface area (Å²) in [7, 11) is -3.75. The number of hydrogen-bond acceptors (Lipinski definition) is 4. The monoisotopic (exact) mass is 424 g/mol. The molecule has 0 spiro atoms. The van der Waals surface area contributed by atoms with E-state index in [-0.39, 0.29) is 10.8 Å². The fourth-order valence-electron chi connectivity index (χ4n) is 2.75. The minimum atomic E-state index is -3.75. The van der Waals surface area contributed by atoms with E-state index >= 15 is 0 Å². The van der Waals surface area contributed by atoms with Crippen molar-refractivity contribution in [2.24, 2.45) is 0 Å². The van der Waals surface area contributed by atoms with Gasteiger partial charge in [0.15, 0.2) is 0 Å². The molecule has 0 saturated heterocycles. The Morgan fingerprint density at radius 3 is 2.33 bits per heavy atom. The lowest BCUT2D eigenvalue weighted by atomic mass is 10.1. The lowest BCUT2D eigenvalue weighted by molar-refractivity contribution is 0.0947. The summed E-state index contributed by atoms with van der Waals surface area (Å²) in [5, 5.41) is 2.78. The Balaban J connectivity index is 1.64. The van der Waals surface area contributed by atoms with Crippen LogP contribution in [-0.4, -0.2) is 27.5 Å². The smallest absolute Gasteiger partial charge is 0.261 e. The zero-order chi connectivity index (χ0) is 21.6. The van der Waals surface area contributed by atoms with Gasteiger partial charge in [-0.05, 0) is 55.8 Å². The molecule has 0 aliphatic rings. The van der Waals surface area contributed by atoms with Gasteiger partial charge in [-0.2, -0.15) is 0 Å². The van der Waals surface area contributed by atoms with E-state index in [2.05, 4.69) is 10.0 Å². The minimum Gasteiger partial charge on any atom is -0.492 e. The number of carbonyl (C=O) groups is 1. The third-order valence-corrected chi connectivity index (χ3v) is 5.86. The molecule has 3 aromatic rings. The van der Waals surface area contributed by atoms with Crippen LogP contribution in [0.5, 0.6) is 5.75 Å². The molecular weight excluding hydrogens is 400 g/mol. The third-order valence-electron chi connectivity index (χ3n) is 4.47. The van der Waals surface area contributed by atoms with Crippen LogP contribution in [-0.2, 0) is 10.0 Å². The number of anilines is 1.